The van der Waals surface area contributed by atoms with E-state index in [0.717, 1.165) is 31.1 Å². The Morgan fingerprint density at radius 3 is 1.81 bits per heavy atom. The molecule has 0 atom stereocenters. The fraction of sp³-hybridized carbons (Fsp3) is 0. The van der Waals surface area contributed by atoms with Gasteiger partial charge in [-0.3, -0.25) is 23.7 Å². The Hall–Kier alpha value is -8.38. The highest BCUT2D eigenvalue weighted by atomic mass is 16.3. The van der Waals surface area contributed by atoms with E-state index in [2.05, 4.69) is 18.2 Å². The van der Waals surface area contributed by atoms with Crippen molar-refractivity contribution in [2.75, 3.05) is 0 Å². The molecule has 7 aromatic heterocycles. The molecule has 272 valence electrons. The summed E-state index contributed by atoms with van der Waals surface area (Å²) in [5, 5.41) is 2.99. The van der Waals surface area contributed by atoms with E-state index in [9.17, 15) is 19.2 Å². The Bertz CT molecular complexity index is 4190. The second-order valence-corrected chi connectivity index (χ2v) is 14.5. The first-order chi connectivity index (χ1) is 28.5. The van der Waals surface area contributed by atoms with Crippen molar-refractivity contribution >= 4 is 76.7 Å². The molecule has 0 bridgehead atoms. The quantitative estimate of drug-likeness (QED) is 0.185. The van der Waals surface area contributed by atoms with Gasteiger partial charge in [-0.15, -0.1) is 0 Å². The summed E-state index contributed by atoms with van der Waals surface area (Å²) in [6.07, 6.45) is 0. The van der Waals surface area contributed by atoms with Gasteiger partial charge < -0.3 is 4.42 Å². The predicted molar refractivity (Wildman–Crippen MR) is 223 cm³/mol. The highest BCUT2D eigenvalue weighted by Crippen LogP contribution is 2.39. The van der Waals surface area contributed by atoms with Gasteiger partial charge in [-0.05, 0) is 53.6 Å². The molecule has 7 heterocycles. The van der Waals surface area contributed by atoms with Gasteiger partial charge in [-0.2, -0.15) is 9.03 Å². The van der Waals surface area contributed by atoms with E-state index in [-0.39, 0.29) is 22.4 Å². The normalized spacial score (nSPS) is 12.4. The molecule has 0 aliphatic carbocycles. The Morgan fingerprint density at radius 1 is 0.448 bits per heavy atom. The van der Waals surface area contributed by atoms with E-state index in [1.54, 1.807) is 63.7 Å². The predicted octanol–water partition coefficient (Wildman–Crippen LogP) is 7.29. The van der Waals surface area contributed by atoms with Crippen molar-refractivity contribution in [3.05, 3.63) is 181 Å². The number of rotatable bonds is 3. The lowest BCUT2D eigenvalue weighted by Gasteiger charge is -2.14. The SMILES string of the molecule is O=c1c2ccccc2n2c3oc4cc5c6c(=O)n7c(=O)c8ccccc8n7c6n(-c6nc(-c7ccccc7-c7ccccc7)c7ccccc7n6)c5cc4c3c(=O)n12. The standard InChI is InChI=1S/C46H23N7O5/c54-41-28-17-7-10-20-33(28)50-40-37(43(56)52(41)50)30-23-36-31(38-44(57)53-42(55)29-18-8-11-21-34(29)51(53)45(38)58-36)22-35(30)49(40)46-47-32-19-9-6-16-27(32)39(48-46)26-15-5-4-14-25(26)24-12-2-1-3-13-24/h1-23H. The summed E-state index contributed by atoms with van der Waals surface area (Å²) in [6.45, 7) is 0. The Balaban J connectivity index is 1.22. The molecule has 6 aromatic carbocycles. The highest BCUT2D eigenvalue weighted by molar-refractivity contribution is 6.17. The minimum absolute atomic E-state index is 0.204. The van der Waals surface area contributed by atoms with Crippen molar-refractivity contribution in [3.8, 4) is 28.3 Å². The molecule has 0 aliphatic heterocycles. The molecule has 12 nitrogen and oxygen atoms in total. The van der Waals surface area contributed by atoms with Crippen LogP contribution in [0.2, 0.25) is 0 Å². The van der Waals surface area contributed by atoms with Crippen molar-refractivity contribution in [2.24, 2.45) is 0 Å². The van der Waals surface area contributed by atoms with Crippen molar-refractivity contribution < 1.29 is 4.42 Å². The molecule has 0 N–H and O–H groups in total. The van der Waals surface area contributed by atoms with Crippen LogP contribution < -0.4 is 22.2 Å². The molecule has 12 heteroatoms. The van der Waals surface area contributed by atoms with Crippen LogP contribution in [0.25, 0.3) is 105 Å². The van der Waals surface area contributed by atoms with E-state index >= 15 is 0 Å². The first-order valence-electron chi connectivity index (χ1n) is 18.6. The molecule has 0 amide bonds. The van der Waals surface area contributed by atoms with Crippen molar-refractivity contribution in [3.63, 3.8) is 0 Å². The topological polar surface area (TPSA) is 130 Å². The number of nitrogens with zero attached hydrogens (tertiary/aromatic N) is 7. The van der Waals surface area contributed by atoms with Gasteiger partial charge in [0, 0.05) is 21.7 Å². The lowest BCUT2D eigenvalue weighted by Crippen LogP contribution is -2.21. The second-order valence-electron chi connectivity index (χ2n) is 14.5. The first-order valence-corrected chi connectivity index (χ1v) is 18.6. The summed E-state index contributed by atoms with van der Waals surface area (Å²) in [6, 6.07) is 43.5. The minimum atomic E-state index is -0.525. The maximum absolute atomic E-state index is 14.6. The minimum Gasteiger partial charge on any atom is -0.437 e. The van der Waals surface area contributed by atoms with Gasteiger partial charge >= 0.3 is 0 Å². The third-order valence-electron chi connectivity index (χ3n) is 11.5. The molecular weight excluding hydrogens is 731 g/mol. The van der Waals surface area contributed by atoms with Gasteiger partial charge in [0.1, 0.15) is 11.0 Å². The number of para-hydroxylation sites is 3. The zero-order chi connectivity index (χ0) is 38.6. The highest BCUT2D eigenvalue weighted by Gasteiger charge is 2.29. The third-order valence-corrected chi connectivity index (χ3v) is 11.5. The van der Waals surface area contributed by atoms with Gasteiger partial charge in [0.2, 0.25) is 11.7 Å². The average molecular weight is 754 g/mol. The lowest BCUT2D eigenvalue weighted by atomic mass is 9.96. The summed E-state index contributed by atoms with van der Waals surface area (Å²) in [5.41, 5.74) is 4.73. The van der Waals surface area contributed by atoms with Crippen molar-refractivity contribution in [2.45, 2.75) is 0 Å². The van der Waals surface area contributed by atoms with Crippen LogP contribution in [0.1, 0.15) is 0 Å². The van der Waals surface area contributed by atoms with Gasteiger partial charge in [0.05, 0.1) is 43.9 Å². The Labute approximate surface area is 322 Å². The van der Waals surface area contributed by atoms with E-state index in [1.807, 2.05) is 66.7 Å². The van der Waals surface area contributed by atoms with Gasteiger partial charge in [-0.1, -0.05) is 97.1 Å². The van der Waals surface area contributed by atoms with E-state index in [4.69, 9.17) is 14.4 Å². The fourth-order valence-electron chi connectivity index (χ4n) is 9.04. The molecule has 13 rings (SSSR count). The average Bonchev–Trinajstić information content (AvgIpc) is 4.07. The van der Waals surface area contributed by atoms with Crippen LogP contribution in [0.5, 0.6) is 0 Å². The molecule has 13 aromatic rings. The van der Waals surface area contributed by atoms with Gasteiger partial charge in [0.25, 0.3) is 22.2 Å². The molecule has 58 heavy (non-hydrogen) atoms. The molecule has 0 fully saturated rings. The summed E-state index contributed by atoms with van der Waals surface area (Å²) in [5.74, 6) is 0.244. The fourth-order valence-corrected chi connectivity index (χ4v) is 9.04. The van der Waals surface area contributed by atoms with E-state index in [0.29, 0.717) is 60.5 Å². The molecule has 0 unspecified atom stereocenters. The zero-order valence-corrected chi connectivity index (χ0v) is 30.0. The molecule has 0 radical (unpaired) electrons. The molecular formula is C46H23N7O5. The van der Waals surface area contributed by atoms with Crippen LogP contribution >= 0.6 is 0 Å². The number of furan rings is 1. The maximum atomic E-state index is 14.6. The molecule has 0 saturated heterocycles. The van der Waals surface area contributed by atoms with Gasteiger partial charge in [-0.25, -0.2) is 19.0 Å². The van der Waals surface area contributed by atoms with Crippen molar-refractivity contribution in [1.82, 2.24) is 32.6 Å². The summed E-state index contributed by atoms with van der Waals surface area (Å²) < 4.78 is 13.6. The smallest absolute Gasteiger partial charge is 0.286 e. The van der Waals surface area contributed by atoms with Crippen molar-refractivity contribution in [1.29, 1.82) is 0 Å². The van der Waals surface area contributed by atoms with E-state index < -0.39 is 22.2 Å². The molecule has 0 spiro atoms. The summed E-state index contributed by atoms with van der Waals surface area (Å²) >= 11 is 0. The van der Waals surface area contributed by atoms with E-state index in [1.165, 1.54) is 4.52 Å². The van der Waals surface area contributed by atoms with Gasteiger partial charge in [0.15, 0.2) is 5.65 Å². The second kappa shape index (κ2) is 10.7. The molecule has 0 aliphatic rings. The third kappa shape index (κ3) is 3.68. The molecule has 0 saturated carbocycles. The van der Waals surface area contributed by atoms with Crippen LogP contribution in [0.3, 0.4) is 0 Å². The summed E-state index contributed by atoms with van der Waals surface area (Å²) in [7, 11) is 0. The number of fused-ring (bicyclic) bond motifs is 15. The number of aromatic nitrogens is 7. The van der Waals surface area contributed by atoms with Crippen LogP contribution in [0, 0.1) is 0 Å². The maximum Gasteiger partial charge on any atom is 0.286 e. The Morgan fingerprint density at radius 2 is 1.05 bits per heavy atom. The zero-order valence-electron chi connectivity index (χ0n) is 30.0. The van der Waals surface area contributed by atoms with Crippen LogP contribution in [-0.2, 0) is 0 Å². The lowest BCUT2D eigenvalue weighted by molar-refractivity contribution is 0.631. The first kappa shape index (κ1) is 30.9. The number of hydrogen-bond donors (Lipinski definition) is 0. The monoisotopic (exact) mass is 753 g/mol. The number of benzene rings is 6. The Kier molecular flexibility index (Phi) is 5.69. The summed E-state index contributed by atoms with van der Waals surface area (Å²) in [4.78, 5) is 66.8. The van der Waals surface area contributed by atoms with Crippen LogP contribution in [-0.4, -0.2) is 32.6 Å². The largest absolute Gasteiger partial charge is 0.437 e. The van der Waals surface area contributed by atoms with Crippen LogP contribution in [0.15, 0.2) is 163 Å². The number of hydrogen-bond acceptors (Lipinski definition) is 7. The van der Waals surface area contributed by atoms with Crippen LogP contribution in [0.4, 0.5) is 0 Å².